The third kappa shape index (κ3) is 3.70. The van der Waals surface area contributed by atoms with Crippen LogP contribution in [0.15, 0.2) is 29.9 Å². The van der Waals surface area contributed by atoms with Crippen LogP contribution in [0.2, 0.25) is 0 Å². The van der Waals surface area contributed by atoms with Crippen LogP contribution in [0.5, 0.6) is 0 Å². The number of carbonyl (C=O) groups is 2. The zero-order valence-electron chi connectivity index (χ0n) is 15.9. The van der Waals surface area contributed by atoms with Gasteiger partial charge < -0.3 is 20.3 Å². The van der Waals surface area contributed by atoms with E-state index in [0.29, 0.717) is 53.3 Å². The molecule has 150 valence electrons. The van der Waals surface area contributed by atoms with Gasteiger partial charge in [-0.3, -0.25) is 9.78 Å². The molecular weight excluding hydrogens is 392 g/mol. The van der Waals surface area contributed by atoms with Crippen molar-refractivity contribution in [2.75, 3.05) is 43.4 Å². The van der Waals surface area contributed by atoms with E-state index in [9.17, 15) is 9.59 Å². The zero-order valence-corrected chi connectivity index (χ0v) is 16.7. The average molecular weight is 412 g/mol. The normalized spacial score (nSPS) is 14.2. The van der Waals surface area contributed by atoms with E-state index in [4.69, 9.17) is 10.5 Å². The van der Waals surface area contributed by atoms with Crippen molar-refractivity contribution in [2.45, 2.75) is 6.92 Å². The van der Waals surface area contributed by atoms with E-state index >= 15 is 0 Å². The number of hydrogen-bond donors (Lipinski definition) is 1. The molecule has 0 aliphatic carbocycles. The number of piperazine rings is 1. The van der Waals surface area contributed by atoms with Crippen molar-refractivity contribution in [1.82, 2.24) is 19.9 Å². The first-order valence-electron chi connectivity index (χ1n) is 9.24. The molecule has 0 saturated carbocycles. The topological polar surface area (TPSA) is 115 Å². The molecular formula is C19H20N6O3S. The zero-order chi connectivity index (χ0) is 20.4. The van der Waals surface area contributed by atoms with Gasteiger partial charge >= 0.3 is 5.97 Å². The molecule has 29 heavy (non-hydrogen) atoms. The summed E-state index contributed by atoms with van der Waals surface area (Å²) in [5.74, 6) is 0.301. The fourth-order valence-corrected chi connectivity index (χ4v) is 4.23. The lowest BCUT2D eigenvalue weighted by Gasteiger charge is -2.35. The van der Waals surface area contributed by atoms with Gasteiger partial charge in [-0.1, -0.05) is 0 Å². The molecule has 3 aromatic rings. The van der Waals surface area contributed by atoms with Gasteiger partial charge in [-0.05, 0) is 19.1 Å². The summed E-state index contributed by atoms with van der Waals surface area (Å²) in [4.78, 5) is 42.1. The summed E-state index contributed by atoms with van der Waals surface area (Å²) in [6.45, 7) is 4.23. The molecule has 1 aliphatic rings. The maximum atomic E-state index is 12.6. The standard InChI is InChI=1S/C19H20N6O3S/c1-2-28-18(27)13-11-29-16-14(13)15(22-19(20)23-16)24-6-8-25(9-7-24)17(26)12-4-3-5-21-10-12/h3-5,10-11H,2,6-9H2,1H3,(H2,20,22,23). The lowest BCUT2D eigenvalue weighted by atomic mass is 10.2. The fourth-order valence-electron chi connectivity index (χ4n) is 3.32. The van der Waals surface area contributed by atoms with Gasteiger partial charge in [-0.2, -0.15) is 4.98 Å². The van der Waals surface area contributed by atoms with E-state index in [2.05, 4.69) is 15.0 Å². The smallest absolute Gasteiger partial charge is 0.339 e. The maximum Gasteiger partial charge on any atom is 0.339 e. The van der Waals surface area contributed by atoms with Crippen LogP contribution in [0.4, 0.5) is 11.8 Å². The van der Waals surface area contributed by atoms with Crippen LogP contribution in [0.3, 0.4) is 0 Å². The highest BCUT2D eigenvalue weighted by Gasteiger charge is 2.27. The third-order valence-electron chi connectivity index (χ3n) is 4.70. The number of thiophene rings is 1. The summed E-state index contributed by atoms with van der Waals surface area (Å²) in [6, 6.07) is 3.50. The van der Waals surface area contributed by atoms with E-state index in [0.717, 1.165) is 0 Å². The number of aromatic nitrogens is 3. The SMILES string of the molecule is CCOC(=O)c1csc2nc(N)nc(N3CCN(C(=O)c4cccnc4)CC3)c12. The van der Waals surface area contributed by atoms with Crippen molar-refractivity contribution in [1.29, 1.82) is 0 Å². The Morgan fingerprint density at radius 2 is 2.03 bits per heavy atom. The molecule has 0 atom stereocenters. The molecule has 4 heterocycles. The van der Waals surface area contributed by atoms with Gasteiger partial charge in [0.2, 0.25) is 5.95 Å². The Bertz CT molecular complexity index is 1050. The number of fused-ring (bicyclic) bond motifs is 1. The Labute approximate surface area is 171 Å². The number of anilines is 2. The van der Waals surface area contributed by atoms with E-state index in [1.54, 1.807) is 41.7 Å². The van der Waals surface area contributed by atoms with E-state index in [-0.39, 0.29) is 18.5 Å². The van der Waals surface area contributed by atoms with Crippen molar-refractivity contribution >= 4 is 45.2 Å². The summed E-state index contributed by atoms with van der Waals surface area (Å²) >= 11 is 1.33. The fraction of sp³-hybridized carbons (Fsp3) is 0.316. The van der Waals surface area contributed by atoms with Gasteiger partial charge in [0.05, 0.1) is 23.1 Å². The number of carbonyl (C=O) groups excluding carboxylic acids is 2. The van der Waals surface area contributed by atoms with Gasteiger partial charge in [-0.15, -0.1) is 11.3 Å². The number of rotatable bonds is 4. The minimum absolute atomic E-state index is 0.0483. The van der Waals surface area contributed by atoms with Gasteiger partial charge in [0.25, 0.3) is 5.91 Å². The quantitative estimate of drug-likeness (QED) is 0.645. The average Bonchev–Trinajstić information content (AvgIpc) is 3.17. The highest BCUT2D eigenvalue weighted by Crippen LogP contribution is 2.33. The van der Waals surface area contributed by atoms with Crippen LogP contribution < -0.4 is 10.6 Å². The molecule has 1 fully saturated rings. The molecule has 0 aromatic carbocycles. The molecule has 0 radical (unpaired) electrons. The number of nitrogens with zero attached hydrogens (tertiary/aromatic N) is 5. The first-order chi connectivity index (χ1) is 14.1. The minimum atomic E-state index is -0.404. The van der Waals surface area contributed by atoms with Crippen LogP contribution in [0.25, 0.3) is 10.2 Å². The second kappa shape index (κ2) is 8.00. The number of hydrogen-bond acceptors (Lipinski definition) is 9. The molecule has 10 heteroatoms. The number of amides is 1. The summed E-state index contributed by atoms with van der Waals surface area (Å²) < 4.78 is 5.17. The second-order valence-corrected chi connectivity index (χ2v) is 7.33. The molecule has 1 aliphatic heterocycles. The predicted molar refractivity (Wildman–Crippen MR) is 110 cm³/mol. The summed E-state index contributed by atoms with van der Waals surface area (Å²) in [6.07, 6.45) is 3.21. The van der Waals surface area contributed by atoms with Crippen LogP contribution in [-0.2, 0) is 4.74 Å². The molecule has 1 saturated heterocycles. The van der Waals surface area contributed by atoms with Crippen LogP contribution in [-0.4, -0.2) is 64.5 Å². The Balaban J connectivity index is 1.59. The summed E-state index contributed by atoms with van der Waals surface area (Å²) in [5.41, 5.74) is 6.90. The van der Waals surface area contributed by atoms with Crippen molar-refractivity contribution in [3.05, 3.63) is 41.0 Å². The van der Waals surface area contributed by atoms with Crippen molar-refractivity contribution in [2.24, 2.45) is 0 Å². The second-order valence-electron chi connectivity index (χ2n) is 6.48. The third-order valence-corrected chi connectivity index (χ3v) is 5.57. The predicted octanol–water partition coefficient (Wildman–Crippen LogP) is 1.81. The number of pyridine rings is 1. The Morgan fingerprint density at radius 3 is 2.72 bits per heavy atom. The minimum Gasteiger partial charge on any atom is -0.462 e. The van der Waals surface area contributed by atoms with Gasteiger partial charge in [0, 0.05) is 44.0 Å². The van der Waals surface area contributed by atoms with Crippen LogP contribution in [0.1, 0.15) is 27.6 Å². The number of nitrogens with two attached hydrogens (primary N) is 1. The molecule has 2 N–H and O–H groups in total. The number of esters is 1. The number of nitrogen functional groups attached to an aromatic ring is 1. The molecule has 3 aromatic heterocycles. The summed E-state index contributed by atoms with van der Waals surface area (Å²) in [7, 11) is 0. The Morgan fingerprint density at radius 1 is 1.24 bits per heavy atom. The monoisotopic (exact) mass is 412 g/mol. The lowest BCUT2D eigenvalue weighted by Crippen LogP contribution is -2.49. The molecule has 9 nitrogen and oxygen atoms in total. The maximum absolute atomic E-state index is 12.6. The van der Waals surface area contributed by atoms with Crippen LogP contribution >= 0.6 is 11.3 Å². The van der Waals surface area contributed by atoms with Crippen molar-refractivity contribution < 1.29 is 14.3 Å². The molecule has 0 bridgehead atoms. The highest BCUT2D eigenvalue weighted by molar-refractivity contribution is 7.17. The van der Waals surface area contributed by atoms with Crippen molar-refractivity contribution in [3.8, 4) is 0 Å². The Kier molecular flexibility index (Phi) is 5.26. The molecule has 0 unspecified atom stereocenters. The number of ether oxygens (including phenoxy) is 1. The lowest BCUT2D eigenvalue weighted by molar-refractivity contribution is 0.0529. The van der Waals surface area contributed by atoms with Gasteiger partial charge in [-0.25, -0.2) is 9.78 Å². The highest BCUT2D eigenvalue weighted by atomic mass is 32.1. The first-order valence-corrected chi connectivity index (χ1v) is 10.1. The van der Waals surface area contributed by atoms with Gasteiger partial charge in [0.15, 0.2) is 0 Å². The van der Waals surface area contributed by atoms with E-state index in [1.807, 2.05) is 4.90 Å². The molecule has 1 amide bonds. The van der Waals surface area contributed by atoms with Crippen LogP contribution in [0, 0.1) is 0 Å². The van der Waals surface area contributed by atoms with E-state index < -0.39 is 5.97 Å². The van der Waals surface area contributed by atoms with Crippen molar-refractivity contribution in [3.63, 3.8) is 0 Å². The molecule has 4 rings (SSSR count). The van der Waals surface area contributed by atoms with E-state index in [1.165, 1.54) is 11.3 Å². The molecule has 0 spiro atoms. The Hall–Kier alpha value is -3.27. The first kappa shape index (κ1) is 19.1. The largest absolute Gasteiger partial charge is 0.462 e. The van der Waals surface area contributed by atoms with Gasteiger partial charge in [0.1, 0.15) is 10.6 Å². The summed E-state index contributed by atoms with van der Waals surface area (Å²) in [5, 5.41) is 2.37.